The van der Waals surface area contributed by atoms with Gasteiger partial charge in [0.25, 0.3) is 0 Å². The number of Topliss-reactive ketones (excluding diaryl/α,β-unsaturated/α-hetero) is 1. The molecule has 8 heteroatoms. The zero-order valence-electron chi connectivity index (χ0n) is 19.0. The molecule has 0 saturated carbocycles. The fourth-order valence-electron chi connectivity index (χ4n) is 3.82. The number of carbonyl (C=O) groups excluding carboxylic acids is 1. The van der Waals surface area contributed by atoms with E-state index in [2.05, 4.69) is 17.2 Å². The molecule has 2 aromatic carbocycles. The molecule has 4 rings (SSSR count). The van der Waals surface area contributed by atoms with Crippen LogP contribution in [0.2, 0.25) is 5.02 Å². The van der Waals surface area contributed by atoms with Gasteiger partial charge in [0.05, 0.1) is 0 Å². The van der Waals surface area contributed by atoms with Gasteiger partial charge in [0.2, 0.25) is 11.1 Å². The second-order valence-corrected chi connectivity index (χ2v) is 9.44. The lowest BCUT2D eigenvalue weighted by molar-refractivity contribution is -0.114. The number of hydrogen-bond acceptors (Lipinski definition) is 6. The van der Waals surface area contributed by atoms with Gasteiger partial charge in [-0.1, -0.05) is 67.0 Å². The van der Waals surface area contributed by atoms with Crippen molar-refractivity contribution >= 4 is 35.1 Å². The highest BCUT2D eigenvalue weighted by atomic mass is 35.5. The number of unbranched alkanes of at least 4 members (excludes halogenated alkanes) is 1. The third kappa shape index (κ3) is 5.25. The van der Waals surface area contributed by atoms with Crippen LogP contribution in [0, 0.1) is 0 Å². The van der Waals surface area contributed by atoms with E-state index in [-0.39, 0.29) is 5.78 Å². The van der Waals surface area contributed by atoms with Gasteiger partial charge >= 0.3 is 0 Å². The van der Waals surface area contributed by atoms with E-state index in [1.807, 2.05) is 60.1 Å². The highest BCUT2D eigenvalue weighted by Crippen LogP contribution is 2.40. The van der Waals surface area contributed by atoms with Crippen molar-refractivity contribution in [2.45, 2.75) is 51.4 Å². The van der Waals surface area contributed by atoms with Crippen molar-refractivity contribution in [1.82, 2.24) is 14.8 Å². The fourth-order valence-corrected chi connectivity index (χ4v) is 4.86. The van der Waals surface area contributed by atoms with Crippen LogP contribution in [0.15, 0.2) is 65.0 Å². The van der Waals surface area contributed by atoms with E-state index in [1.165, 1.54) is 0 Å². The number of halogens is 1. The summed E-state index contributed by atoms with van der Waals surface area (Å²) in [6, 6.07) is 14.9. The Kier molecular flexibility index (Phi) is 7.40. The van der Waals surface area contributed by atoms with E-state index in [1.54, 1.807) is 18.7 Å². The molecule has 1 aliphatic rings. The van der Waals surface area contributed by atoms with Crippen LogP contribution in [-0.2, 0) is 11.4 Å². The molecule has 0 fully saturated rings. The summed E-state index contributed by atoms with van der Waals surface area (Å²) in [5.74, 6) is 2.28. The van der Waals surface area contributed by atoms with Crippen LogP contribution in [0.1, 0.15) is 50.8 Å². The number of benzene rings is 2. The normalized spacial score (nSPS) is 15.2. The topological polar surface area (TPSA) is 69.0 Å². The van der Waals surface area contributed by atoms with Gasteiger partial charge in [-0.25, -0.2) is 4.68 Å². The van der Waals surface area contributed by atoms with E-state index in [9.17, 15) is 4.79 Å². The summed E-state index contributed by atoms with van der Waals surface area (Å²) in [7, 11) is 0. The molecule has 1 N–H and O–H groups in total. The van der Waals surface area contributed by atoms with Crippen molar-refractivity contribution in [2.75, 3.05) is 11.1 Å². The van der Waals surface area contributed by atoms with Gasteiger partial charge in [-0.3, -0.25) is 4.79 Å². The van der Waals surface area contributed by atoms with Crippen LogP contribution in [0.25, 0.3) is 0 Å². The zero-order valence-corrected chi connectivity index (χ0v) is 20.5. The van der Waals surface area contributed by atoms with E-state index in [0.29, 0.717) is 34.1 Å². The Hall–Kier alpha value is -2.77. The minimum atomic E-state index is -0.423. The first-order chi connectivity index (χ1) is 16.0. The third-order valence-corrected chi connectivity index (χ3v) is 6.64. The average molecular weight is 483 g/mol. The molecule has 0 bridgehead atoms. The van der Waals surface area contributed by atoms with Gasteiger partial charge in [0.1, 0.15) is 18.4 Å². The van der Waals surface area contributed by atoms with Crippen LogP contribution in [0.5, 0.6) is 5.75 Å². The number of ketones is 1. The van der Waals surface area contributed by atoms with Crippen molar-refractivity contribution < 1.29 is 9.53 Å². The molecule has 0 spiro atoms. The zero-order chi connectivity index (χ0) is 23.4. The molecule has 0 saturated heterocycles. The fraction of sp³-hybridized carbons (Fsp3) is 0.320. The maximum Gasteiger partial charge on any atom is 0.227 e. The predicted molar refractivity (Wildman–Crippen MR) is 133 cm³/mol. The molecule has 3 aromatic rings. The van der Waals surface area contributed by atoms with Crippen LogP contribution >= 0.6 is 23.4 Å². The average Bonchev–Trinajstić information content (AvgIpc) is 3.20. The van der Waals surface area contributed by atoms with E-state index in [0.717, 1.165) is 35.4 Å². The minimum Gasteiger partial charge on any atom is -0.489 e. The van der Waals surface area contributed by atoms with Crippen LogP contribution in [0.3, 0.4) is 0 Å². The number of aromatic nitrogens is 3. The number of hydrogen-bond donors (Lipinski definition) is 1. The summed E-state index contributed by atoms with van der Waals surface area (Å²) in [6.45, 7) is 6.04. The molecule has 1 aliphatic heterocycles. The molecule has 1 unspecified atom stereocenters. The highest BCUT2D eigenvalue weighted by molar-refractivity contribution is 7.99. The summed E-state index contributed by atoms with van der Waals surface area (Å²) in [5.41, 5.74) is 3.31. The lowest BCUT2D eigenvalue weighted by Gasteiger charge is -2.29. The summed E-state index contributed by atoms with van der Waals surface area (Å²) >= 11 is 7.63. The van der Waals surface area contributed by atoms with E-state index >= 15 is 0 Å². The first kappa shape index (κ1) is 23.4. The van der Waals surface area contributed by atoms with Crippen molar-refractivity contribution in [2.24, 2.45) is 0 Å². The number of carbonyl (C=O) groups is 1. The van der Waals surface area contributed by atoms with Crippen LogP contribution < -0.4 is 10.1 Å². The number of allylic oxidation sites excluding steroid dienone is 2. The van der Waals surface area contributed by atoms with Crippen molar-refractivity contribution in [1.29, 1.82) is 0 Å². The number of fused-ring (bicyclic) bond motifs is 1. The Morgan fingerprint density at radius 3 is 2.70 bits per heavy atom. The molecule has 0 amide bonds. The number of anilines is 1. The summed E-state index contributed by atoms with van der Waals surface area (Å²) in [6.07, 6.45) is 2.22. The number of para-hydroxylation sites is 1. The number of ether oxygens (including phenoxy) is 1. The number of thioether (sulfide) groups is 1. The van der Waals surface area contributed by atoms with Crippen molar-refractivity contribution in [3.63, 3.8) is 0 Å². The molecule has 0 aliphatic carbocycles. The number of nitrogens with one attached hydrogen (secondary N) is 1. The SMILES string of the molecule is CCCCSc1nc2n(n1)C(c1ccccc1OCc1ccc(Cl)cc1)C(C(C)=O)=C(C)N2. The standard InChI is InChI=1S/C25H27ClN4O2S/c1-4-5-14-33-25-28-24-27-16(2)22(17(3)31)23(30(24)29-25)20-8-6-7-9-21(20)32-15-18-10-12-19(26)13-11-18/h6-13,23H,4-5,14-15H2,1-3H3,(H,27,28,29). The maximum absolute atomic E-state index is 12.7. The number of nitrogens with zero attached hydrogens (tertiary/aromatic N) is 3. The third-order valence-electron chi connectivity index (χ3n) is 5.46. The monoisotopic (exact) mass is 482 g/mol. The first-order valence-electron chi connectivity index (χ1n) is 11.0. The Morgan fingerprint density at radius 1 is 1.21 bits per heavy atom. The molecule has 2 heterocycles. The van der Waals surface area contributed by atoms with E-state index < -0.39 is 6.04 Å². The largest absolute Gasteiger partial charge is 0.489 e. The molecule has 172 valence electrons. The van der Waals surface area contributed by atoms with Gasteiger partial charge in [0.15, 0.2) is 5.78 Å². The summed E-state index contributed by atoms with van der Waals surface area (Å²) < 4.78 is 8.02. The van der Waals surface area contributed by atoms with Crippen LogP contribution in [-0.4, -0.2) is 26.3 Å². The van der Waals surface area contributed by atoms with Gasteiger partial charge < -0.3 is 10.1 Å². The summed E-state index contributed by atoms with van der Waals surface area (Å²) in [4.78, 5) is 17.4. The molecule has 1 atom stereocenters. The highest BCUT2D eigenvalue weighted by Gasteiger charge is 2.34. The molecular weight excluding hydrogens is 456 g/mol. The lowest BCUT2D eigenvalue weighted by atomic mass is 9.92. The Balaban J connectivity index is 1.70. The van der Waals surface area contributed by atoms with Crippen LogP contribution in [0.4, 0.5) is 5.95 Å². The van der Waals surface area contributed by atoms with Crippen molar-refractivity contribution in [3.05, 3.63) is 76.0 Å². The second kappa shape index (κ2) is 10.4. The lowest BCUT2D eigenvalue weighted by Crippen LogP contribution is -2.28. The maximum atomic E-state index is 12.7. The van der Waals surface area contributed by atoms with Gasteiger partial charge in [-0.05, 0) is 44.0 Å². The Labute approximate surface area is 203 Å². The molecular formula is C25H27ClN4O2S. The van der Waals surface area contributed by atoms with Gasteiger partial charge in [0, 0.05) is 27.6 Å². The quantitative estimate of drug-likeness (QED) is 0.286. The Bertz CT molecular complexity index is 1170. The summed E-state index contributed by atoms with van der Waals surface area (Å²) in [5, 5.41) is 9.42. The first-order valence-corrected chi connectivity index (χ1v) is 12.4. The minimum absolute atomic E-state index is 0.0150. The predicted octanol–water partition coefficient (Wildman–Crippen LogP) is 6.28. The molecule has 1 aromatic heterocycles. The second-order valence-electron chi connectivity index (χ2n) is 7.94. The number of rotatable bonds is 9. The molecule has 0 radical (unpaired) electrons. The molecule has 6 nitrogen and oxygen atoms in total. The van der Waals surface area contributed by atoms with Gasteiger partial charge in [-0.15, -0.1) is 5.10 Å². The van der Waals surface area contributed by atoms with Gasteiger partial charge in [-0.2, -0.15) is 4.98 Å². The smallest absolute Gasteiger partial charge is 0.227 e. The van der Waals surface area contributed by atoms with E-state index in [4.69, 9.17) is 21.4 Å². The van der Waals surface area contributed by atoms with Crippen molar-refractivity contribution in [3.8, 4) is 5.75 Å². The Morgan fingerprint density at radius 2 is 1.97 bits per heavy atom. The molecule has 33 heavy (non-hydrogen) atoms.